The van der Waals surface area contributed by atoms with Gasteiger partial charge in [0.25, 0.3) is 5.69 Å². The molecule has 0 aliphatic carbocycles. The van der Waals surface area contributed by atoms with Gasteiger partial charge in [0, 0.05) is 16.1 Å². The normalized spacial score (nSPS) is 8.86. The lowest BCUT2D eigenvalue weighted by Gasteiger charge is -1.95. The smallest absolute Gasteiger partial charge is 0.258 e. The fourth-order valence-electron chi connectivity index (χ4n) is 0.779. The van der Waals surface area contributed by atoms with Gasteiger partial charge in [-0.15, -0.1) is 0 Å². The van der Waals surface area contributed by atoms with Crippen LogP contribution in [0.25, 0.3) is 0 Å². The molecular formula is C10H14BrNO2. The van der Waals surface area contributed by atoms with Crippen LogP contribution in [-0.4, -0.2) is 4.92 Å². The maximum absolute atomic E-state index is 10.4. The van der Waals surface area contributed by atoms with Crippen LogP contribution in [0.2, 0.25) is 0 Å². The minimum atomic E-state index is -0.389. The second kappa shape index (κ2) is 6.54. The molecule has 0 N–H and O–H groups in total. The molecule has 1 rings (SSSR count). The van der Waals surface area contributed by atoms with Gasteiger partial charge in [-0.25, -0.2) is 0 Å². The Kier molecular flexibility index (Phi) is 6.12. The first-order valence-electron chi connectivity index (χ1n) is 4.43. The second-order valence-corrected chi connectivity index (χ2v) is 3.81. The Morgan fingerprint density at radius 1 is 1.43 bits per heavy atom. The summed E-state index contributed by atoms with van der Waals surface area (Å²) < 4.78 is 0.731. The monoisotopic (exact) mass is 259 g/mol. The zero-order valence-electron chi connectivity index (χ0n) is 8.58. The predicted molar refractivity (Wildman–Crippen MR) is 61.5 cm³/mol. The van der Waals surface area contributed by atoms with Crippen LogP contribution >= 0.6 is 15.9 Å². The average Bonchev–Trinajstić information content (AvgIpc) is 2.10. The van der Waals surface area contributed by atoms with E-state index in [1.807, 2.05) is 0 Å². The second-order valence-electron chi connectivity index (χ2n) is 2.90. The lowest BCUT2D eigenvalue weighted by Crippen LogP contribution is -1.90. The molecule has 1 aromatic carbocycles. The molecule has 0 atom stereocenters. The Labute approximate surface area is 92.4 Å². The lowest BCUT2D eigenvalue weighted by molar-refractivity contribution is -0.385. The largest absolute Gasteiger partial charge is 0.273 e. The van der Waals surface area contributed by atoms with Crippen LogP contribution in [0.4, 0.5) is 5.69 Å². The summed E-state index contributed by atoms with van der Waals surface area (Å²) in [7, 11) is 0. The standard InChI is InChI=1S/C7H6BrNO2.C3H8/c1-5-2-3-6(8)4-7(5)9(10)11;1-3-2/h2-4H,1H3;3H2,1-2H3. The van der Waals surface area contributed by atoms with Crippen molar-refractivity contribution in [2.75, 3.05) is 0 Å². The fraction of sp³-hybridized carbons (Fsp3) is 0.400. The van der Waals surface area contributed by atoms with Gasteiger partial charge in [-0.2, -0.15) is 0 Å². The highest BCUT2D eigenvalue weighted by Crippen LogP contribution is 2.22. The van der Waals surface area contributed by atoms with Crippen molar-refractivity contribution in [2.24, 2.45) is 0 Å². The van der Waals surface area contributed by atoms with Gasteiger partial charge in [0.05, 0.1) is 4.92 Å². The molecule has 4 heteroatoms. The minimum Gasteiger partial charge on any atom is -0.258 e. The van der Waals surface area contributed by atoms with E-state index in [0.717, 1.165) is 4.47 Å². The Bertz CT molecular complexity index is 313. The van der Waals surface area contributed by atoms with Gasteiger partial charge in [-0.05, 0) is 13.0 Å². The van der Waals surface area contributed by atoms with Crippen LogP contribution in [0.1, 0.15) is 25.8 Å². The number of nitro groups is 1. The molecule has 0 fully saturated rings. The highest BCUT2D eigenvalue weighted by Gasteiger charge is 2.08. The van der Waals surface area contributed by atoms with E-state index in [-0.39, 0.29) is 10.6 Å². The van der Waals surface area contributed by atoms with Crippen molar-refractivity contribution in [1.29, 1.82) is 0 Å². The summed E-state index contributed by atoms with van der Waals surface area (Å²) in [6.45, 7) is 5.96. The molecule has 0 heterocycles. The fourth-order valence-corrected chi connectivity index (χ4v) is 1.13. The Morgan fingerprint density at radius 3 is 2.29 bits per heavy atom. The topological polar surface area (TPSA) is 43.1 Å². The van der Waals surface area contributed by atoms with Crippen molar-refractivity contribution in [3.8, 4) is 0 Å². The predicted octanol–water partition coefficient (Wildman–Crippen LogP) is 4.08. The van der Waals surface area contributed by atoms with Crippen molar-refractivity contribution >= 4 is 21.6 Å². The maximum atomic E-state index is 10.4. The number of hydrogen-bond donors (Lipinski definition) is 0. The molecule has 0 aromatic heterocycles. The third kappa shape index (κ3) is 4.37. The van der Waals surface area contributed by atoms with Crippen LogP contribution in [0.3, 0.4) is 0 Å². The Hall–Kier alpha value is -0.900. The zero-order chi connectivity index (χ0) is 11.1. The summed E-state index contributed by atoms with van der Waals surface area (Å²) in [6.07, 6.45) is 1.25. The van der Waals surface area contributed by atoms with Crippen molar-refractivity contribution in [3.63, 3.8) is 0 Å². The first kappa shape index (κ1) is 13.1. The average molecular weight is 260 g/mol. The highest BCUT2D eigenvalue weighted by molar-refractivity contribution is 9.10. The lowest BCUT2D eigenvalue weighted by atomic mass is 10.2. The number of nitrogens with zero attached hydrogens (tertiary/aromatic N) is 1. The maximum Gasteiger partial charge on any atom is 0.273 e. The number of nitro benzene ring substituents is 1. The van der Waals surface area contributed by atoms with Crippen LogP contribution in [0.15, 0.2) is 22.7 Å². The molecule has 1 aromatic rings. The highest BCUT2D eigenvalue weighted by atomic mass is 79.9. The number of halogens is 1. The van der Waals surface area contributed by atoms with Gasteiger partial charge >= 0.3 is 0 Å². The SMILES string of the molecule is CCC.Cc1ccc(Br)cc1[N+](=O)[O-]. The molecule has 0 amide bonds. The van der Waals surface area contributed by atoms with Crippen molar-refractivity contribution in [2.45, 2.75) is 27.2 Å². The van der Waals surface area contributed by atoms with E-state index < -0.39 is 0 Å². The van der Waals surface area contributed by atoms with Crippen molar-refractivity contribution < 1.29 is 4.92 Å². The van der Waals surface area contributed by atoms with Gasteiger partial charge in [0.1, 0.15) is 0 Å². The van der Waals surface area contributed by atoms with Crippen LogP contribution in [0, 0.1) is 17.0 Å². The molecule has 3 nitrogen and oxygen atoms in total. The van der Waals surface area contributed by atoms with Gasteiger partial charge in [-0.1, -0.05) is 42.3 Å². The number of aryl methyl sites for hydroxylation is 1. The summed E-state index contributed by atoms with van der Waals surface area (Å²) in [4.78, 5) is 9.97. The first-order chi connectivity index (χ1) is 6.52. The number of benzene rings is 1. The van der Waals surface area contributed by atoms with E-state index in [4.69, 9.17) is 0 Å². The van der Waals surface area contributed by atoms with Gasteiger partial charge in [0.15, 0.2) is 0 Å². The number of rotatable bonds is 1. The molecule has 0 saturated carbocycles. The summed E-state index contributed by atoms with van der Waals surface area (Å²) >= 11 is 3.16. The zero-order valence-corrected chi connectivity index (χ0v) is 10.2. The quantitative estimate of drug-likeness (QED) is 0.564. The molecule has 0 saturated heterocycles. The molecular weight excluding hydrogens is 246 g/mol. The van der Waals surface area contributed by atoms with Crippen LogP contribution < -0.4 is 0 Å². The van der Waals surface area contributed by atoms with Gasteiger partial charge in [0.2, 0.25) is 0 Å². The molecule has 0 spiro atoms. The van der Waals surface area contributed by atoms with E-state index in [0.29, 0.717) is 5.56 Å². The van der Waals surface area contributed by atoms with E-state index >= 15 is 0 Å². The van der Waals surface area contributed by atoms with Gasteiger partial charge < -0.3 is 0 Å². The van der Waals surface area contributed by atoms with Gasteiger partial charge in [-0.3, -0.25) is 10.1 Å². The van der Waals surface area contributed by atoms with Crippen molar-refractivity contribution in [3.05, 3.63) is 38.3 Å². The molecule has 78 valence electrons. The first-order valence-corrected chi connectivity index (χ1v) is 5.22. The van der Waals surface area contributed by atoms with E-state index in [2.05, 4.69) is 29.8 Å². The van der Waals surface area contributed by atoms with E-state index in [1.54, 1.807) is 19.1 Å². The Morgan fingerprint density at radius 2 is 1.93 bits per heavy atom. The van der Waals surface area contributed by atoms with E-state index in [9.17, 15) is 10.1 Å². The van der Waals surface area contributed by atoms with Crippen LogP contribution in [-0.2, 0) is 0 Å². The molecule has 0 aliphatic rings. The van der Waals surface area contributed by atoms with Crippen LogP contribution in [0.5, 0.6) is 0 Å². The summed E-state index contributed by atoms with van der Waals surface area (Å²) in [5.41, 5.74) is 0.831. The molecule has 0 bridgehead atoms. The summed E-state index contributed by atoms with van der Waals surface area (Å²) in [5.74, 6) is 0. The summed E-state index contributed by atoms with van der Waals surface area (Å²) in [6, 6.07) is 4.99. The molecule has 0 aliphatic heterocycles. The third-order valence-electron chi connectivity index (χ3n) is 1.37. The minimum absolute atomic E-state index is 0.152. The summed E-state index contributed by atoms with van der Waals surface area (Å²) in [5, 5.41) is 10.4. The van der Waals surface area contributed by atoms with E-state index in [1.165, 1.54) is 12.5 Å². The number of hydrogen-bond acceptors (Lipinski definition) is 2. The molecule has 0 unspecified atom stereocenters. The third-order valence-corrected chi connectivity index (χ3v) is 1.86. The molecule has 0 radical (unpaired) electrons. The molecule has 14 heavy (non-hydrogen) atoms. The Balaban J connectivity index is 0.000000500. The van der Waals surface area contributed by atoms with Crippen molar-refractivity contribution in [1.82, 2.24) is 0 Å².